The van der Waals surface area contributed by atoms with Crippen LogP contribution in [0.25, 0.3) is 0 Å². The van der Waals surface area contributed by atoms with E-state index < -0.39 is 28.0 Å². The number of sulfonamides is 1. The van der Waals surface area contributed by atoms with Crippen LogP contribution in [0, 0.1) is 0 Å². The van der Waals surface area contributed by atoms with E-state index in [2.05, 4.69) is 15.6 Å². The van der Waals surface area contributed by atoms with Gasteiger partial charge in [-0.25, -0.2) is 18.2 Å². The zero-order chi connectivity index (χ0) is 23.3. The van der Waals surface area contributed by atoms with Gasteiger partial charge < -0.3 is 20.1 Å². The Morgan fingerprint density at radius 2 is 1.94 bits per heavy atom. The van der Waals surface area contributed by atoms with Gasteiger partial charge in [-0.3, -0.25) is 9.59 Å². The number of rotatable bonds is 7. The molecule has 2 N–H and O–H groups in total. The average Bonchev–Trinajstić information content (AvgIpc) is 3.22. The third-order valence-corrected chi connectivity index (χ3v) is 7.01. The largest absolute Gasteiger partial charge is 0.448 e. The monoisotopic (exact) mass is 482 g/mol. The number of nitrogens with zero attached hydrogens (tertiary/aromatic N) is 2. The normalized spacial score (nSPS) is 15.6. The van der Waals surface area contributed by atoms with Crippen LogP contribution >= 0.6 is 11.3 Å². The van der Waals surface area contributed by atoms with Crippen molar-refractivity contribution in [2.45, 2.75) is 24.8 Å². The molecule has 2 aromatic rings. The van der Waals surface area contributed by atoms with Crippen molar-refractivity contribution in [2.75, 3.05) is 36.9 Å². The number of nitrogens with one attached hydrogen (secondary N) is 2. The lowest BCUT2D eigenvalue weighted by atomic mass is 10.3. The van der Waals surface area contributed by atoms with E-state index in [1.165, 1.54) is 47.8 Å². The van der Waals surface area contributed by atoms with Gasteiger partial charge in [0, 0.05) is 31.1 Å². The SMILES string of the molecule is CC(=O)Nc1nc(C(=O)OC(C)C(=O)Nc2cccc(S(=O)(=O)N3CCOCC3)c2)cs1. The number of hydrogen-bond donors (Lipinski definition) is 2. The first-order chi connectivity index (χ1) is 15.2. The van der Waals surface area contributed by atoms with E-state index in [4.69, 9.17) is 9.47 Å². The van der Waals surface area contributed by atoms with Crippen molar-refractivity contribution in [2.24, 2.45) is 0 Å². The Labute approximate surface area is 188 Å². The summed E-state index contributed by atoms with van der Waals surface area (Å²) in [5.74, 6) is -1.80. The molecule has 1 aliphatic heterocycles. The molecule has 13 heteroatoms. The molecule has 0 radical (unpaired) electrons. The number of esters is 1. The second-order valence-corrected chi connectivity index (χ2v) is 9.60. The first-order valence-corrected chi connectivity index (χ1v) is 11.9. The second-order valence-electron chi connectivity index (χ2n) is 6.80. The molecule has 0 spiro atoms. The number of anilines is 2. The Kier molecular flexibility index (Phi) is 7.56. The Hall–Kier alpha value is -2.87. The van der Waals surface area contributed by atoms with Gasteiger partial charge in [-0.15, -0.1) is 11.3 Å². The minimum atomic E-state index is -3.72. The third-order valence-electron chi connectivity index (χ3n) is 4.36. The van der Waals surface area contributed by atoms with Crippen molar-refractivity contribution in [1.82, 2.24) is 9.29 Å². The van der Waals surface area contributed by atoms with Gasteiger partial charge in [0.05, 0.1) is 18.1 Å². The van der Waals surface area contributed by atoms with Crippen LogP contribution in [0.3, 0.4) is 0 Å². The Bertz CT molecular complexity index is 1110. The summed E-state index contributed by atoms with van der Waals surface area (Å²) in [4.78, 5) is 39.7. The van der Waals surface area contributed by atoms with Crippen molar-refractivity contribution in [3.05, 3.63) is 35.3 Å². The number of benzene rings is 1. The molecule has 11 nitrogen and oxygen atoms in total. The topological polar surface area (TPSA) is 144 Å². The predicted molar refractivity (Wildman–Crippen MR) is 116 cm³/mol. The fourth-order valence-corrected chi connectivity index (χ4v) is 4.94. The molecule has 0 bridgehead atoms. The van der Waals surface area contributed by atoms with Gasteiger partial charge in [-0.1, -0.05) is 6.07 Å². The Morgan fingerprint density at radius 1 is 1.22 bits per heavy atom. The highest BCUT2D eigenvalue weighted by molar-refractivity contribution is 7.89. The maximum atomic E-state index is 12.8. The van der Waals surface area contributed by atoms with E-state index in [9.17, 15) is 22.8 Å². The van der Waals surface area contributed by atoms with Crippen molar-refractivity contribution in [3.8, 4) is 0 Å². The lowest BCUT2D eigenvalue weighted by Crippen LogP contribution is -2.40. The fraction of sp³-hybridized carbons (Fsp3) is 0.368. The van der Waals surface area contributed by atoms with Gasteiger partial charge in [-0.05, 0) is 25.1 Å². The molecule has 1 fully saturated rings. The molecular formula is C19H22N4O7S2. The van der Waals surface area contributed by atoms with Crippen LogP contribution in [-0.2, 0) is 29.1 Å². The van der Waals surface area contributed by atoms with Gasteiger partial charge in [0.15, 0.2) is 16.9 Å². The summed E-state index contributed by atoms with van der Waals surface area (Å²) in [5, 5.41) is 6.64. The van der Waals surface area contributed by atoms with E-state index in [1.807, 2.05) is 0 Å². The molecule has 0 aliphatic carbocycles. The fourth-order valence-electron chi connectivity index (χ4n) is 2.76. The molecule has 172 valence electrons. The Balaban J connectivity index is 1.62. The maximum absolute atomic E-state index is 12.8. The standard InChI is InChI=1S/C19H22N4O7S2/c1-12(30-18(26)16-11-31-19(22-16)20-13(2)24)17(25)21-14-4-3-5-15(10-14)32(27,28)23-6-8-29-9-7-23/h3-5,10-12H,6-9H2,1-2H3,(H,21,25)(H,20,22,24). The number of ether oxygens (including phenoxy) is 2. The lowest BCUT2D eigenvalue weighted by Gasteiger charge is -2.26. The molecule has 1 unspecified atom stereocenters. The van der Waals surface area contributed by atoms with Gasteiger partial charge in [0.1, 0.15) is 0 Å². The molecule has 1 atom stereocenters. The molecule has 1 aliphatic rings. The number of amides is 2. The van der Waals surface area contributed by atoms with Crippen molar-refractivity contribution in [3.63, 3.8) is 0 Å². The average molecular weight is 483 g/mol. The highest BCUT2D eigenvalue weighted by atomic mass is 32.2. The van der Waals surface area contributed by atoms with Crippen molar-refractivity contribution in [1.29, 1.82) is 0 Å². The highest BCUT2D eigenvalue weighted by Gasteiger charge is 2.27. The summed E-state index contributed by atoms with van der Waals surface area (Å²) in [6.45, 7) is 3.85. The zero-order valence-corrected chi connectivity index (χ0v) is 19.0. The quantitative estimate of drug-likeness (QED) is 0.562. The molecule has 1 aromatic heterocycles. The number of carbonyl (C=O) groups excluding carboxylic acids is 3. The van der Waals surface area contributed by atoms with Gasteiger partial charge in [0.2, 0.25) is 15.9 Å². The van der Waals surface area contributed by atoms with Crippen LogP contribution in [-0.4, -0.2) is 67.9 Å². The second kappa shape index (κ2) is 10.2. The summed E-state index contributed by atoms with van der Waals surface area (Å²) >= 11 is 1.05. The smallest absolute Gasteiger partial charge is 0.358 e. The minimum Gasteiger partial charge on any atom is -0.448 e. The summed E-state index contributed by atoms with van der Waals surface area (Å²) < 4.78 is 37.2. The van der Waals surface area contributed by atoms with Crippen LogP contribution in [0.5, 0.6) is 0 Å². The van der Waals surface area contributed by atoms with E-state index in [0.717, 1.165) is 11.3 Å². The molecule has 1 saturated heterocycles. The predicted octanol–water partition coefficient (Wildman–Crippen LogP) is 1.31. The summed E-state index contributed by atoms with van der Waals surface area (Å²) in [5.41, 5.74) is 0.200. The lowest BCUT2D eigenvalue weighted by molar-refractivity contribution is -0.123. The third kappa shape index (κ3) is 5.88. The molecule has 1 aromatic carbocycles. The highest BCUT2D eigenvalue weighted by Crippen LogP contribution is 2.21. The van der Waals surface area contributed by atoms with Crippen LogP contribution in [0.15, 0.2) is 34.5 Å². The number of carbonyl (C=O) groups is 3. The molecule has 0 saturated carbocycles. The summed E-state index contributed by atoms with van der Waals surface area (Å²) in [6, 6.07) is 5.83. The molecule has 2 amide bonds. The number of thiazole rings is 1. The molecule has 32 heavy (non-hydrogen) atoms. The number of aromatic nitrogens is 1. The van der Waals surface area contributed by atoms with Gasteiger partial charge >= 0.3 is 5.97 Å². The van der Waals surface area contributed by atoms with E-state index in [1.54, 1.807) is 0 Å². The van der Waals surface area contributed by atoms with Crippen LogP contribution < -0.4 is 10.6 Å². The van der Waals surface area contributed by atoms with Crippen LogP contribution in [0.2, 0.25) is 0 Å². The summed E-state index contributed by atoms with van der Waals surface area (Å²) in [7, 11) is -3.72. The van der Waals surface area contributed by atoms with Crippen molar-refractivity contribution >= 4 is 50.0 Å². The number of morpholine rings is 1. The van der Waals surface area contributed by atoms with E-state index in [-0.39, 0.29) is 40.4 Å². The molecular weight excluding hydrogens is 460 g/mol. The first kappa shape index (κ1) is 23.8. The van der Waals surface area contributed by atoms with Crippen LogP contribution in [0.1, 0.15) is 24.3 Å². The van der Waals surface area contributed by atoms with Gasteiger partial charge in [0.25, 0.3) is 5.91 Å². The molecule has 3 rings (SSSR count). The van der Waals surface area contributed by atoms with E-state index >= 15 is 0 Å². The van der Waals surface area contributed by atoms with Crippen molar-refractivity contribution < 1.29 is 32.3 Å². The zero-order valence-electron chi connectivity index (χ0n) is 17.4. The minimum absolute atomic E-state index is 0.0369. The summed E-state index contributed by atoms with van der Waals surface area (Å²) in [6.07, 6.45) is -1.17. The maximum Gasteiger partial charge on any atom is 0.358 e. The van der Waals surface area contributed by atoms with Crippen LogP contribution in [0.4, 0.5) is 10.8 Å². The molecule has 2 heterocycles. The number of hydrogen-bond acceptors (Lipinski definition) is 9. The Morgan fingerprint density at radius 3 is 2.62 bits per heavy atom. The van der Waals surface area contributed by atoms with E-state index in [0.29, 0.717) is 13.2 Å². The first-order valence-electron chi connectivity index (χ1n) is 9.60. The van der Waals surface area contributed by atoms with Gasteiger partial charge in [-0.2, -0.15) is 4.31 Å².